The minimum absolute atomic E-state index is 0.264. The van der Waals surface area contributed by atoms with Crippen molar-refractivity contribution in [2.24, 2.45) is 0 Å². The molecule has 0 atom stereocenters. The van der Waals surface area contributed by atoms with E-state index in [1.165, 1.54) is 44.7 Å². The van der Waals surface area contributed by atoms with E-state index < -0.39 is 5.95 Å². The summed E-state index contributed by atoms with van der Waals surface area (Å²) in [5.74, 6) is -0.252. The Bertz CT molecular complexity index is 317. The van der Waals surface area contributed by atoms with Crippen molar-refractivity contribution in [3.8, 4) is 5.75 Å². The third-order valence-electron chi connectivity index (χ3n) is 2.98. The molecule has 0 aliphatic rings. The van der Waals surface area contributed by atoms with Gasteiger partial charge in [0.25, 0.3) is 5.95 Å². The van der Waals surface area contributed by atoms with Gasteiger partial charge in [0.15, 0.2) is 5.75 Å². The molecule has 0 amide bonds. The number of nitrogens with zero attached hydrogens (tertiary/aromatic N) is 1. The number of hydrogen-bond donors (Lipinski definition) is 0. The average molecular weight is 253 g/mol. The zero-order chi connectivity index (χ0) is 13.1. The Balaban J connectivity index is 1.94. The first-order valence-corrected chi connectivity index (χ1v) is 7.08. The molecule has 1 aromatic rings. The summed E-state index contributed by atoms with van der Waals surface area (Å²) in [7, 11) is 0. The Morgan fingerprint density at radius 1 is 1.06 bits per heavy atom. The SMILES string of the molecule is CCCCCCCCCCOc1cccnc1F. The second kappa shape index (κ2) is 9.86. The molecule has 0 aliphatic heterocycles. The van der Waals surface area contributed by atoms with E-state index in [-0.39, 0.29) is 5.75 Å². The van der Waals surface area contributed by atoms with E-state index in [1.54, 1.807) is 12.1 Å². The van der Waals surface area contributed by atoms with Crippen LogP contribution in [0.5, 0.6) is 5.75 Å². The van der Waals surface area contributed by atoms with Crippen molar-refractivity contribution >= 4 is 0 Å². The highest BCUT2D eigenvalue weighted by Gasteiger charge is 2.01. The van der Waals surface area contributed by atoms with Gasteiger partial charge in [-0.1, -0.05) is 51.9 Å². The molecular formula is C15H24FNO. The lowest BCUT2D eigenvalue weighted by molar-refractivity contribution is 0.286. The van der Waals surface area contributed by atoms with Crippen LogP contribution in [0.25, 0.3) is 0 Å². The van der Waals surface area contributed by atoms with Gasteiger partial charge in [-0.3, -0.25) is 0 Å². The number of halogens is 1. The molecular weight excluding hydrogens is 229 g/mol. The molecule has 0 radical (unpaired) electrons. The minimum Gasteiger partial charge on any atom is -0.489 e. The van der Waals surface area contributed by atoms with Gasteiger partial charge in [-0.05, 0) is 18.6 Å². The average Bonchev–Trinajstić information content (AvgIpc) is 2.39. The van der Waals surface area contributed by atoms with Crippen LogP contribution in [0.4, 0.5) is 4.39 Å². The monoisotopic (exact) mass is 253 g/mol. The lowest BCUT2D eigenvalue weighted by Gasteiger charge is -2.06. The van der Waals surface area contributed by atoms with Crippen LogP contribution in [0.15, 0.2) is 18.3 Å². The fraction of sp³-hybridized carbons (Fsp3) is 0.667. The first kappa shape index (κ1) is 14.9. The van der Waals surface area contributed by atoms with Crippen molar-refractivity contribution in [1.82, 2.24) is 4.98 Å². The number of aromatic nitrogens is 1. The maximum absolute atomic E-state index is 13.1. The van der Waals surface area contributed by atoms with Gasteiger partial charge in [0, 0.05) is 6.20 Å². The van der Waals surface area contributed by atoms with E-state index in [0.717, 1.165) is 12.8 Å². The van der Waals surface area contributed by atoms with Gasteiger partial charge >= 0.3 is 0 Å². The van der Waals surface area contributed by atoms with Crippen LogP contribution in [0.1, 0.15) is 58.3 Å². The molecule has 0 aromatic carbocycles. The number of ether oxygens (including phenoxy) is 1. The van der Waals surface area contributed by atoms with Crippen LogP contribution >= 0.6 is 0 Å². The van der Waals surface area contributed by atoms with Crippen LogP contribution in [-0.2, 0) is 0 Å². The molecule has 2 nitrogen and oxygen atoms in total. The van der Waals surface area contributed by atoms with Crippen LogP contribution in [0, 0.1) is 5.95 Å². The van der Waals surface area contributed by atoms with Crippen molar-refractivity contribution in [2.45, 2.75) is 58.3 Å². The largest absolute Gasteiger partial charge is 0.489 e. The lowest BCUT2D eigenvalue weighted by Crippen LogP contribution is -2.00. The number of hydrogen-bond acceptors (Lipinski definition) is 2. The van der Waals surface area contributed by atoms with E-state index in [9.17, 15) is 4.39 Å². The molecule has 0 saturated carbocycles. The molecule has 0 spiro atoms. The first-order valence-electron chi connectivity index (χ1n) is 7.08. The Morgan fingerprint density at radius 2 is 1.72 bits per heavy atom. The van der Waals surface area contributed by atoms with Crippen molar-refractivity contribution in [1.29, 1.82) is 0 Å². The Morgan fingerprint density at radius 3 is 2.39 bits per heavy atom. The molecule has 0 fully saturated rings. The Hall–Kier alpha value is -1.12. The number of unbranched alkanes of at least 4 members (excludes halogenated alkanes) is 7. The fourth-order valence-corrected chi connectivity index (χ4v) is 1.90. The predicted molar refractivity (Wildman–Crippen MR) is 72.3 cm³/mol. The molecule has 1 heterocycles. The van der Waals surface area contributed by atoms with Crippen molar-refractivity contribution in [2.75, 3.05) is 6.61 Å². The standard InChI is InChI=1S/C15H24FNO/c1-2-3-4-5-6-7-8-9-13-18-14-11-10-12-17-15(14)16/h10-12H,2-9,13H2,1H3. The molecule has 0 aliphatic carbocycles. The zero-order valence-electron chi connectivity index (χ0n) is 11.3. The quantitative estimate of drug-likeness (QED) is 0.444. The summed E-state index contributed by atoms with van der Waals surface area (Å²) in [6.07, 6.45) is 11.5. The molecule has 1 aromatic heterocycles. The van der Waals surface area contributed by atoms with Crippen molar-refractivity contribution < 1.29 is 9.13 Å². The van der Waals surface area contributed by atoms with Gasteiger partial charge in [0.1, 0.15) is 0 Å². The van der Waals surface area contributed by atoms with Gasteiger partial charge in [-0.25, -0.2) is 4.98 Å². The van der Waals surface area contributed by atoms with E-state index >= 15 is 0 Å². The summed E-state index contributed by atoms with van der Waals surface area (Å²) in [6.45, 7) is 2.81. The normalized spacial score (nSPS) is 10.6. The summed E-state index contributed by atoms with van der Waals surface area (Å²) >= 11 is 0. The maximum Gasteiger partial charge on any atom is 0.255 e. The van der Waals surface area contributed by atoms with Crippen LogP contribution in [-0.4, -0.2) is 11.6 Å². The highest BCUT2D eigenvalue weighted by atomic mass is 19.1. The molecule has 3 heteroatoms. The third kappa shape index (κ3) is 6.58. The zero-order valence-corrected chi connectivity index (χ0v) is 11.3. The van der Waals surface area contributed by atoms with E-state index in [1.807, 2.05) is 0 Å². The number of pyridine rings is 1. The van der Waals surface area contributed by atoms with Gasteiger partial charge in [-0.15, -0.1) is 0 Å². The van der Waals surface area contributed by atoms with E-state index in [2.05, 4.69) is 11.9 Å². The summed E-state index contributed by atoms with van der Waals surface area (Å²) in [5.41, 5.74) is 0. The first-order chi connectivity index (χ1) is 8.84. The smallest absolute Gasteiger partial charge is 0.255 e. The molecule has 1 rings (SSSR count). The highest BCUT2D eigenvalue weighted by molar-refractivity contribution is 5.17. The predicted octanol–water partition coefficient (Wildman–Crippen LogP) is 4.74. The summed E-state index contributed by atoms with van der Waals surface area (Å²) < 4.78 is 18.4. The van der Waals surface area contributed by atoms with Crippen LogP contribution < -0.4 is 4.74 Å². The molecule has 0 saturated heterocycles. The second-order valence-corrected chi connectivity index (χ2v) is 4.62. The van der Waals surface area contributed by atoms with E-state index in [4.69, 9.17) is 4.74 Å². The van der Waals surface area contributed by atoms with Crippen molar-refractivity contribution in [3.05, 3.63) is 24.3 Å². The topological polar surface area (TPSA) is 22.1 Å². The fourth-order valence-electron chi connectivity index (χ4n) is 1.90. The number of rotatable bonds is 10. The lowest BCUT2D eigenvalue weighted by atomic mass is 10.1. The molecule has 0 bridgehead atoms. The van der Waals surface area contributed by atoms with Crippen LogP contribution in [0.3, 0.4) is 0 Å². The summed E-state index contributed by atoms with van der Waals surface area (Å²) in [4.78, 5) is 3.54. The van der Waals surface area contributed by atoms with Gasteiger partial charge in [-0.2, -0.15) is 4.39 Å². The van der Waals surface area contributed by atoms with Gasteiger partial charge in [0.05, 0.1) is 6.61 Å². The Labute approximate surface area is 110 Å². The molecule has 18 heavy (non-hydrogen) atoms. The summed E-state index contributed by atoms with van der Waals surface area (Å²) in [5, 5.41) is 0. The highest BCUT2D eigenvalue weighted by Crippen LogP contribution is 2.14. The third-order valence-corrected chi connectivity index (χ3v) is 2.98. The van der Waals surface area contributed by atoms with Crippen LogP contribution in [0.2, 0.25) is 0 Å². The Kier molecular flexibility index (Phi) is 8.19. The van der Waals surface area contributed by atoms with Gasteiger partial charge < -0.3 is 4.74 Å². The minimum atomic E-state index is -0.517. The molecule has 0 N–H and O–H groups in total. The maximum atomic E-state index is 13.1. The second-order valence-electron chi connectivity index (χ2n) is 4.62. The van der Waals surface area contributed by atoms with Crippen molar-refractivity contribution in [3.63, 3.8) is 0 Å². The van der Waals surface area contributed by atoms with E-state index in [0.29, 0.717) is 6.61 Å². The molecule has 102 valence electrons. The summed E-state index contributed by atoms with van der Waals surface area (Å²) in [6, 6.07) is 3.30. The van der Waals surface area contributed by atoms with Gasteiger partial charge in [0.2, 0.25) is 0 Å². The molecule has 0 unspecified atom stereocenters.